The van der Waals surface area contributed by atoms with E-state index in [9.17, 15) is 4.79 Å². The van der Waals surface area contributed by atoms with E-state index in [1.54, 1.807) is 7.05 Å². The number of rotatable bonds is 12. The summed E-state index contributed by atoms with van der Waals surface area (Å²) in [5.41, 5.74) is 4.32. The van der Waals surface area contributed by atoms with Crippen LogP contribution in [-0.4, -0.2) is 37.6 Å². The Morgan fingerprint density at radius 3 is 2.09 bits per heavy atom. The molecule has 3 aromatic carbocycles. The summed E-state index contributed by atoms with van der Waals surface area (Å²) in [5.74, 6) is 0.667. The summed E-state index contributed by atoms with van der Waals surface area (Å²) in [6, 6.07) is 26.5. The van der Waals surface area contributed by atoms with Gasteiger partial charge in [-0.15, -0.1) is 0 Å². The highest BCUT2D eigenvalue weighted by Gasteiger charge is 2.11. The summed E-state index contributed by atoms with van der Waals surface area (Å²) in [4.78, 5) is 14.5. The molecule has 0 aliphatic heterocycles. The van der Waals surface area contributed by atoms with Crippen molar-refractivity contribution in [1.29, 1.82) is 0 Å². The molecule has 5 nitrogen and oxygen atoms in total. The van der Waals surface area contributed by atoms with E-state index in [1.165, 1.54) is 11.1 Å². The normalized spacial score (nSPS) is 10.8. The van der Waals surface area contributed by atoms with Gasteiger partial charge < -0.3 is 20.3 Å². The third-order valence-electron chi connectivity index (χ3n) is 5.57. The molecule has 0 fully saturated rings. The van der Waals surface area contributed by atoms with E-state index in [4.69, 9.17) is 4.74 Å². The van der Waals surface area contributed by atoms with Gasteiger partial charge in [-0.25, -0.2) is 4.79 Å². The maximum absolute atomic E-state index is 12.0. The van der Waals surface area contributed by atoms with Gasteiger partial charge in [-0.3, -0.25) is 0 Å². The second-order valence-electron chi connectivity index (χ2n) is 8.14. The van der Waals surface area contributed by atoms with Gasteiger partial charge in [0.05, 0.1) is 5.69 Å². The number of ether oxygens (including phenoxy) is 1. The number of hydrogen-bond acceptors (Lipinski definition) is 3. The molecule has 2 amide bonds. The molecule has 0 spiro atoms. The first-order valence-corrected chi connectivity index (χ1v) is 11.7. The van der Waals surface area contributed by atoms with Crippen LogP contribution < -0.4 is 15.4 Å². The number of anilines is 1. The van der Waals surface area contributed by atoms with Crippen molar-refractivity contribution in [1.82, 2.24) is 10.2 Å². The van der Waals surface area contributed by atoms with E-state index in [-0.39, 0.29) is 6.03 Å². The maximum atomic E-state index is 12.0. The number of nitrogens with zero attached hydrogens (tertiary/aromatic N) is 1. The van der Waals surface area contributed by atoms with Crippen molar-refractivity contribution in [3.8, 4) is 5.75 Å². The number of carbonyl (C=O) groups excluding carboxylic acids is 1. The molecule has 5 heteroatoms. The molecule has 3 rings (SSSR count). The summed E-state index contributed by atoms with van der Waals surface area (Å²) < 4.78 is 6.02. The van der Waals surface area contributed by atoms with Crippen LogP contribution in [0.2, 0.25) is 0 Å². The Kier molecular flexibility index (Phi) is 9.80. The highest BCUT2D eigenvalue weighted by Crippen LogP contribution is 2.27. The monoisotopic (exact) mass is 445 g/mol. The SMILES string of the molecule is CCCN(CCc1ccccc1)CCc1ccc(OCc2ccccc2)c(NC(=O)NC)c1. The van der Waals surface area contributed by atoms with Crippen LogP contribution in [0.1, 0.15) is 30.0 Å². The van der Waals surface area contributed by atoms with Crippen molar-refractivity contribution in [2.75, 3.05) is 32.0 Å². The molecule has 0 heterocycles. The Hall–Kier alpha value is -3.31. The lowest BCUT2D eigenvalue weighted by molar-refractivity contribution is 0.253. The van der Waals surface area contributed by atoms with Crippen LogP contribution in [0, 0.1) is 0 Å². The molecule has 0 aliphatic carbocycles. The standard InChI is InChI=1S/C28H35N3O2/c1-3-18-31(19-16-23-10-6-4-7-11-23)20-17-24-14-15-27(26(21-24)30-28(32)29-2)33-22-25-12-8-5-9-13-25/h4-15,21H,3,16-20,22H2,1-2H3,(H2,29,30,32). The first-order valence-electron chi connectivity index (χ1n) is 11.7. The second kappa shape index (κ2) is 13.3. The number of urea groups is 1. The smallest absolute Gasteiger partial charge is 0.319 e. The third-order valence-corrected chi connectivity index (χ3v) is 5.57. The van der Waals surface area contributed by atoms with Crippen molar-refractivity contribution in [2.45, 2.75) is 32.8 Å². The molecule has 0 bridgehead atoms. The largest absolute Gasteiger partial charge is 0.487 e. The van der Waals surface area contributed by atoms with E-state index in [1.807, 2.05) is 42.5 Å². The van der Waals surface area contributed by atoms with Gasteiger partial charge in [0.2, 0.25) is 0 Å². The number of carbonyl (C=O) groups is 1. The number of benzene rings is 3. The summed E-state index contributed by atoms with van der Waals surface area (Å²) >= 11 is 0. The van der Waals surface area contributed by atoms with Gasteiger partial charge in [0.25, 0.3) is 0 Å². The van der Waals surface area contributed by atoms with Crippen LogP contribution in [0.3, 0.4) is 0 Å². The third kappa shape index (κ3) is 8.28. The maximum Gasteiger partial charge on any atom is 0.319 e. The van der Waals surface area contributed by atoms with E-state index in [0.29, 0.717) is 18.0 Å². The fourth-order valence-corrected chi connectivity index (χ4v) is 3.75. The molecule has 0 unspecified atom stereocenters. The lowest BCUT2D eigenvalue weighted by atomic mass is 10.1. The van der Waals surface area contributed by atoms with E-state index < -0.39 is 0 Å². The first-order chi connectivity index (χ1) is 16.2. The molecule has 0 aliphatic rings. The molecular formula is C28H35N3O2. The van der Waals surface area contributed by atoms with Gasteiger partial charge in [-0.2, -0.15) is 0 Å². The minimum atomic E-state index is -0.257. The molecular weight excluding hydrogens is 410 g/mol. The number of nitrogens with one attached hydrogen (secondary N) is 2. The zero-order chi connectivity index (χ0) is 23.3. The Bertz CT molecular complexity index is 977. The molecule has 0 aromatic heterocycles. The molecule has 174 valence electrons. The molecule has 0 radical (unpaired) electrons. The Labute approximate surface area is 197 Å². The van der Waals surface area contributed by atoms with Gasteiger partial charge >= 0.3 is 6.03 Å². The van der Waals surface area contributed by atoms with Gasteiger partial charge in [0, 0.05) is 20.1 Å². The quantitative estimate of drug-likeness (QED) is 0.386. The lowest BCUT2D eigenvalue weighted by Gasteiger charge is -2.22. The number of amides is 2. The zero-order valence-electron chi connectivity index (χ0n) is 19.7. The lowest BCUT2D eigenvalue weighted by Crippen LogP contribution is -2.29. The fraction of sp³-hybridized carbons (Fsp3) is 0.321. The van der Waals surface area contributed by atoms with Crippen molar-refractivity contribution in [3.05, 3.63) is 95.6 Å². The van der Waals surface area contributed by atoms with Gasteiger partial charge in [-0.05, 0) is 54.6 Å². The van der Waals surface area contributed by atoms with Gasteiger partial charge in [0.15, 0.2) is 0 Å². The average molecular weight is 446 g/mol. The average Bonchev–Trinajstić information content (AvgIpc) is 2.86. The van der Waals surface area contributed by atoms with Crippen LogP contribution in [0.25, 0.3) is 0 Å². The molecule has 2 N–H and O–H groups in total. The van der Waals surface area contributed by atoms with Crippen molar-refractivity contribution in [3.63, 3.8) is 0 Å². The second-order valence-corrected chi connectivity index (χ2v) is 8.14. The molecule has 0 atom stereocenters. The fourth-order valence-electron chi connectivity index (χ4n) is 3.75. The Balaban J connectivity index is 1.64. The van der Waals surface area contributed by atoms with Crippen LogP contribution in [0.4, 0.5) is 10.5 Å². The van der Waals surface area contributed by atoms with Crippen LogP contribution in [0.15, 0.2) is 78.9 Å². The van der Waals surface area contributed by atoms with Crippen LogP contribution in [-0.2, 0) is 19.4 Å². The summed E-state index contributed by atoms with van der Waals surface area (Å²) in [5, 5.41) is 5.53. The van der Waals surface area contributed by atoms with E-state index in [0.717, 1.165) is 44.5 Å². The molecule has 33 heavy (non-hydrogen) atoms. The van der Waals surface area contributed by atoms with E-state index in [2.05, 4.69) is 58.9 Å². The first kappa shape index (κ1) is 24.3. The zero-order valence-corrected chi connectivity index (χ0v) is 19.7. The minimum Gasteiger partial charge on any atom is -0.487 e. The van der Waals surface area contributed by atoms with Gasteiger partial charge in [0.1, 0.15) is 12.4 Å². The van der Waals surface area contributed by atoms with Crippen molar-refractivity contribution in [2.24, 2.45) is 0 Å². The summed E-state index contributed by atoms with van der Waals surface area (Å²) in [7, 11) is 1.61. The minimum absolute atomic E-state index is 0.257. The number of hydrogen-bond donors (Lipinski definition) is 2. The van der Waals surface area contributed by atoms with Crippen molar-refractivity contribution < 1.29 is 9.53 Å². The Morgan fingerprint density at radius 2 is 1.45 bits per heavy atom. The summed E-state index contributed by atoms with van der Waals surface area (Å²) in [6.07, 6.45) is 3.09. The topological polar surface area (TPSA) is 53.6 Å². The van der Waals surface area contributed by atoms with Crippen molar-refractivity contribution >= 4 is 11.7 Å². The predicted octanol–water partition coefficient (Wildman–Crippen LogP) is 5.51. The summed E-state index contributed by atoms with van der Waals surface area (Å²) in [6.45, 7) is 5.77. The van der Waals surface area contributed by atoms with Gasteiger partial charge in [-0.1, -0.05) is 73.7 Å². The predicted molar refractivity (Wildman–Crippen MR) is 136 cm³/mol. The highest BCUT2D eigenvalue weighted by atomic mass is 16.5. The van der Waals surface area contributed by atoms with Crippen LogP contribution in [0.5, 0.6) is 5.75 Å². The molecule has 0 saturated carbocycles. The molecule has 3 aromatic rings. The Morgan fingerprint density at radius 1 is 0.818 bits per heavy atom. The van der Waals surface area contributed by atoms with Crippen LogP contribution >= 0.6 is 0 Å². The van der Waals surface area contributed by atoms with E-state index >= 15 is 0 Å². The molecule has 0 saturated heterocycles. The highest BCUT2D eigenvalue weighted by molar-refractivity contribution is 5.90.